The molecule has 5 heteroatoms. The van der Waals surface area contributed by atoms with E-state index in [0.29, 0.717) is 6.61 Å². The van der Waals surface area contributed by atoms with Crippen LogP contribution in [0.3, 0.4) is 0 Å². The number of pyridine rings is 1. The largest absolute Gasteiger partial charge is 0.469 e. The van der Waals surface area contributed by atoms with Crippen LogP contribution in [0.25, 0.3) is 0 Å². The molecular weight excluding hydrogens is 330 g/mol. The molecule has 1 heterocycles. The van der Waals surface area contributed by atoms with Gasteiger partial charge in [-0.15, -0.1) is 0 Å². The van der Waals surface area contributed by atoms with E-state index in [1.165, 1.54) is 52.1 Å². The maximum atomic E-state index is 11.4. The molecule has 0 saturated carbocycles. The summed E-state index contributed by atoms with van der Waals surface area (Å²) in [4.78, 5) is 22.3. The number of carbonyl (C=O) groups is 2. The van der Waals surface area contributed by atoms with E-state index in [0.717, 1.165) is 19.4 Å². The van der Waals surface area contributed by atoms with E-state index in [9.17, 15) is 9.59 Å². The molecule has 0 aliphatic heterocycles. The van der Waals surface area contributed by atoms with Gasteiger partial charge in [-0.25, -0.2) is 4.57 Å². The lowest BCUT2D eigenvalue weighted by molar-refractivity contribution is -0.697. The minimum atomic E-state index is -0.374. The van der Waals surface area contributed by atoms with Crippen LogP contribution in [-0.2, 0) is 25.6 Å². The lowest BCUT2D eigenvalue weighted by Gasteiger charge is -2.05. The van der Waals surface area contributed by atoms with Crippen molar-refractivity contribution in [2.75, 3.05) is 13.7 Å². The van der Waals surface area contributed by atoms with Crippen LogP contribution < -0.4 is 4.57 Å². The minimum absolute atomic E-state index is 0.0966. The summed E-state index contributed by atoms with van der Waals surface area (Å²) < 4.78 is 11.8. The van der Waals surface area contributed by atoms with Gasteiger partial charge in [-0.2, -0.15) is 0 Å². The molecule has 0 atom stereocenters. The maximum Gasteiger partial charge on any atom is 0.306 e. The lowest BCUT2D eigenvalue weighted by atomic mass is 10.1. The van der Waals surface area contributed by atoms with Gasteiger partial charge in [0.1, 0.15) is 6.54 Å². The van der Waals surface area contributed by atoms with Crippen molar-refractivity contribution < 1.29 is 23.6 Å². The minimum Gasteiger partial charge on any atom is -0.469 e. The van der Waals surface area contributed by atoms with Gasteiger partial charge in [-0.1, -0.05) is 44.6 Å². The number of esters is 2. The number of ether oxygens (including phenoxy) is 2. The second kappa shape index (κ2) is 15.4. The number of aryl methyl sites for hydroxylation is 1. The number of hydrogen-bond acceptors (Lipinski definition) is 4. The molecular formula is C21H34NO4+. The quantitative estimate of drug-likeness (QED) is 0.268. The Morgan fingerprint density at radius 1 is 0.731 bits per heavy atom. The fraction of sp³-hybridized carbons (Fsp3) is 0.667. The van der Waals surface area contributed by atoms with Gasteiger partial charge in [-0.3, -0.25) is 9.59 Å². The predicted molar refractivity (Wildman–Crippen MR) is 100 cm³/mol. The first-order valence-electron chi connectivity index (χ1n) is 9.89. The number of aromatic nitrogens is 1. The zero-order chi connectivity index (χ0) is 18.9. The van der Waals surface area contributed by atoms with E-state index in [-0.39, 0.29) is 24.8 Å². The third-order valence-electron chi connectivity index (χ3n) is 4.36. The standard InChI is InChI=1S/C21H34NO4/c1-25-20(23)14-15-21(24)26-19-13-8-6-4-2-3-5-7-10-16-22-17-11-9-12-18-22/h9,11-12,17-18H,2-8,10,13-16,19H2,1H3/q+1. The smallest absolute Gasteiger partial charge is 0.306 e. The second-order valence-corrected chi connectivity index (χ2v) is 6.59. The SMILES string of the molecule is COC(=O)CCC(=O)OCCCCCCCCCCC[n+]1ccccc1. The fourth-order valence-corrected chi connectivity index (χ4v) is 2.78. The highest BCUT2D eigenvalue weighted by Gasteiger charge is 2.07. The molecule has 1 aromatic rings. The van der Waals surface area contributed by atoms with E-state index < -0.39 is 0 Å². The number of hydrogen-bond donors (Lipinski definition) is 0. The number of carbonyl (C=O) groups excluding carboxylic acids is 2. The summed E-state index contributed by atoms with van der Waals surface area (Å²) in [5.41, 5.74) is 0. The van der Waals surface area contributed by atoms with Crippen LogP contribution in [0.5, 0.6) is 0 Å². The highest BCUT2D eigenvalue weighted by molar-refractivity contribution is 5.77. The van der Waals surface area contributed by atoms with Crippen molar-refractivity contribution in [2.24, 2.45) is 0 Å². The summed E-state index contributed by atoms with van der Waals surface area (Å²) in [5, 5.41) is 0. The van der Waals surface area contributed by atoms with Gasteiger partial charge in [0.25, 0.3) is 0 Å². The maximum absolute atomic E-state index is 11.4. The summed E-state index contributed by atoms with van der Waals surface area (Å²) in [6.07, 6.45) is 15.3. The molecule has 0 aliphatic carbocycles. The molecule has 0 radical (unpaired) electrons. The zero-order valence-corrected chi connectivity index (χ0v) is 16.2. The van der Waals surface area contributed by atoms with Gasteiger partial charge >= 0.3 is 11.9 Å². The molecule has 0 N–H and O–H groups in total. The lowest BCUT2D eigenvalue weighted by Crippen LogP contribution is -2.32. The molecule has 0 bridgehead atoms. The van der Waals surface area contributed by atoms with E-state index >= 15 is 0 Å². The average molecular weight is 365 g/mol. The molecule has 0 aliphatic rings. The number of unbranched alkanes of at least 4 members (excludes halogenated alkanes) is 8. The first kappa shape index (κ1) is 22.1. The van der Waals surface area contributed by atoms with Gasteiger partial charge in [0.2, 0.25) is 0 Å². The second-order valence-electron chi connectivity index (χ2n) is 6.59. The van der Waals surface area contributed by atoms with Gasteiger partial charge in [0.05, 0.1) is 26.6 Å². The number of methoxy groups -OCH3 is 1. The summed E-state index contributed by atoms with van der Waals surface area (Å²) in [7, 11) is 1.32. The van der Waals surface area contributed by atoms with Crippen LogP contribution in [0.15, 0.2) is 30.6 Å². The Bertz CT molecular complexity index is 490. The van der Waals surface area contributed by atoms with Crippen LogP contribution in [-0.4, -0.2) is 25.7 Å². The number of rotatable bonds is 15. The summed E-state index contributed by atoms with van der Waals surface area (Å²) in [5.74, 6) is -0.690. The molecule has 0 fully saturated rings. The van der Waals surface area contributed by atoms with Crippen molar-refractivity contribution in [3.05, 3.63) is 30.6 Å². The van der Waals surface area contributed by atoms with E-state index in [2.05, 4.69) is 33.8 Å². The third kappa shape index (κ3) is 12.5. The molecule has 0 spiro atoms. The Labute approximate surface area is 157 Å². The summed E-state index contributed by atoms with van der Waals surface area (Å²) in [6, 6.07) is 6.19. The van der Waals surface area contributed by atoms with Crippen LogP contribution in [0.2, 0.25) is 0 Å². The Morgan fingerprint density at radius 2 is 1.27 bits per heavy atom. The van der Waals surface area contributed by atoms with Crippen molar-refractivity contribution in [1.82, 2.24) is 0 Å². The molecule has 5 nitrogen and oxygen atoms in total. The van der Waals surface area contributed by atoms with Crippen molar-refractivity contribution in [2.45, 2.75) is 77.2 Å². The van der Waals surface area contributed by atoms with Crippen LogP contribution >= 0.6 is 0 Å². The normalized spacial score (nSPS) is 10.5. The first-order valence-corrected chi connectivity index (χ1v) is 9.89. The van der Waals surface area contributed by atoms with Crippen LogP contribution in [0.1, 0.15) is 70.6 Å². The molecule has 146 valence electrons. The summed E-state index contributed by atoms with van der Waals surface area (Å²) in [6.45, 7) is 1.57. The van der Waals surface area contributed by atoms with E-state index in [1.54, 1.807) is 0 Å². The Kier molecular flexibility index (Phi) is 13.1. The van der Waals surface area contributed by atoms with Crippen molar-refractivity contribution in [3.8, 4) is 0 Å². The van der Waals surface area contributed by atoms with E-state index in [1.807, 2.05) is 6.07 Å². The zero-order valence-electron chi connectivity index (χ0n) is 16.2. The van der Waals surface area contributed by atoms with Gasteiger partial charge in [-0.05, 0) is 12.8 Å². The molecule has 1 rings (SSSR count). The number of nitrogens with zero attached hydrogens (tertiary/aromatic N) is 1. The Morgan fingerprint density at radius 3 is 1.88 bits per heavy atom. The highest BCUT2D eigenvalue weighted by Crippen LogP contribution is 2.10. The monoisotopic (exact) mass is 364 g/mol. The molecule has 26 heavy (non-hydrogen) atoms. The molecule has 0 aromatic carbocycles. The molecule has 0 amide bonds. The van der Waals surface area contributed by atoms with Crippen molar-refractivity contribution in [1.29, 1.82) is 0 Å². The van der Waals surface area contributed by atoms with Crippen LogP contribution in [0, 0.1) is 0 Å². The predicted octanol–water partition coefficient (Wildman–Crippen LogP) is 3.98. The van der Waals surface area contributed by atoms with E-state index in [4.69, 9.17) is 4.74 Å². The molecule has 0 saturated heterocycles. The van der Waals surface area contributed by atoms with Crippen molar-refractivity contribution in [3.63, 3.8) is 0 Å². The molecule has 1 aromatic heterocycles. The Balaban J connectivity index is 1.79. The van der Waals surface area contributed by atoms with Crippen molar-refractivity contribution >= 4 is 11.9 Å². The topological polar surface area (TPSA) is 56.5 Å². The van der Waals surface area contributed by atoms with Crippen LogP contribution in [0.4, 0.5) is 0 Å². The highest BCUT2D eigenvalue weighted by atomic mass is 16.5. The fourth-order valence-electron chi connectivity index (χ4n) is 2.78. The molecule has 0 unspecified atom stereocenters. The van der Waals surface area contributed by atoms with Gasteiger partial charge < -0.3 is 9.47 Å². The first-order chi connectivity index (χ1) is 12.7. The Hall–Kier alpha value is -1.91. The average Bonchev–Trinajstić information content (AvgIpc) is 2.67. The van der Waals surface area contributed by atoms with Gasteiger partial charge in [0.15, 0.2) is 12.4 Å². The third-order valence-corrected chi connectivity index (χ3v) is 4.36. The summed E-state index contributed by atoms with van der Waals surface area (Å²) >= 11 is 0. The van der Waals surface area contributed by atoms with Gasteiger partial charge in [0, 0.05) is 18.6 Å².